The Bertz CT molecular complexity index is 940. The number of hydrogen-bond donors (Lipinski definition) is 2. The second kappa shape index (κ2) is 11.9. The molecule has 0 bridgehead atoms. The Balaban J connectivity index is 0.00000320. The van der Waals surface area contributed by atoms with Crippen LogP contribution in [0.5, 0.6) is 0 Å². The minimum Gasteiger partial charge on any atom is -0.355 e. The number of benzene rings is 1. The normalized spacial score (nSPS) is 12.2. The number of thioether (sulfide) groups is 1. The number of pyridine rings is 1. The van der Waals surface area contributed by atoms with Crippen molar-refractivity contribution in [1.82, 2.24) is 25.4 Å². The number of rotatable bonds is 7. The van der Waals surface area contributed by atoms with Crippen molar-refractivity contribution in [2.75, 3.05) is 13.6 Å². The maximum atomic E-state index is 4.54. The zero-order valence-corrected chi connectivity index (χ0v) is 20.9. The third-order valence-electron chi connectivity index (χ3n) is 4.36. The van der Waals surface area contributed by atoms with Crippen molar-refractivity contribution in [1.29, 1.82) is 0 Å². The van der Waals surface area contributed by atoms with E-state index in [0.29, 0.717) is 11.8 Å². The highest BCUT2D eigenvalue weighted by Crippen LogP contribution is 2.21. The number of aromatic nitrogens is 3. The van der Waals surface area contributed by atoms with Gasteiger partial charge >= 0.3 is 0 Å². The van der Waals surface area contributed by atoms with Crippen molar-refractivity contribution in [3.05, 3.63) is 71.7 Å². The van der Waals surface area contributed by atoms with E-state index in [1.54, 1.807) is 7.05 Å². The second-order valence-electron chi connectivity index (χ2n) is 6.91. The third-order valence-corrected chi connectivity index (χ3v) is 5.47. The molecular formula is C22H29IN6S. The van der Waals surface area contributed by atoms with Gasteiger partial charge in [-0.15, -0.1) is 35.7 Å². The molecule has 0 aliphatic rings. The molecular weight excluding hydrogens is 507 g/mol. The molecule has 1 aromatic carbocycles. The van der Waals surface area contributed by atoms with Crippen LogP contribution < -0.4 is 10.6 Å². The Morgan fingerprint density at radius 2 is 1.90 bits per heavy atom. The molecule has 30 heavy (non-hydrogen) atoms. The van der Waals surface area contributed by atoms with Gasteiger partial charge < -0.3 is 10.6 Å². The van der Waals surface area contributed by atoms with Crippen LogP contribution in [0.1, 0.15) is 23.9 Å². The highest BCUT2D eigenvalue weighted by molar-refractivity contribution is 14.0. The lowest BCUT2D eigenvalue weighted by Crippen LogP contribution is -2.39. The SMILES string of the molecule is CN=C(NCc1ccc(-n2nc(C)cc2C)nc1)NCC(C)Sc1ccccc1.I. The Hall–Kier alpha value is -2.07. The van der Waals surface area contributed by atoms with Crippen LogP contribution in [-0.2, 0) is 6.54 Å². The second-order valence-corrected chi connectivity index (χ2v) is 8.42. The van der Waals surface area contributed by atoms with Gasteiger partial charge in [-0.2, -0.15) is 5.10 Å². The minimum atomic E-state index is 0. The van der Waals surface area contributed by atoms with Crippen molar-refractivity contribution < 1.29 is 0 Å². The Labute approximate surface area is 200 Å². The number of guanidine groups is 1. The molecule has 2 aromatic heterocycles. The van der Waals surface area contributed by atoms with Crippen LogP contribution in [-0.4, -0.2) is 39.6 Å². The van der Waals surface area contributed by atoms with E-state index < -0.39 is 0 Å². The molecule has 0 amide bonds. The first-order valence-corrected chi connectivity index (χ1v) is 10.6. The molecule has 1 unspecified atom stereocenters. The van der Waals surface area contributed by atoms with Gasteiger partial charge in [0, 0.05) is 42.2 Å². The molecule has 0 fully saturated rings. The molecule has 0 aliphatic carbocycles. The minimum absolute atomic E-state index is 0. The molecule has 0 spiro atoms. The summed E-state index contributed by atoms with van der Waals surface area (Å²) in [5.41, 5.74) is 3.16. The summed E-state index contributed by atoms with van der Waals surface area (Å²) >= 11 is 1.85. The Morgan fingerprint density at radius 3 is 2.50 bits per heavy atom. The van der Waals surface area contributed by atoms with Crippen LogP contribution in [0.25, 0.3) is 5.82 Å². The summed E-state index contributed by atoms with van der Waals surface area (Å²) in [4.78, 5) is 10.1. The fourth-order valence-corrected chi connectivity index (χ4v) is 3.87. The predicted octanol–water partition coefficient (Wildman–Crippen LogP) is 4.35. The molecule has 0 saturated heterocycles. The summed E-state index contributed by atoms with van der Waals surface area (Å²) in [6, 6.07) is 16.5. The van der Waals surface area contributed by atoms with Crippen LogP contribution in [0.2, 0.25) is 0 Å². The molecule has 3 rings (SSSR count). The number of aliphatic imine (C=N–C) groups is 1. The summed E-state index contributed by atoms with van der Waals surface area (Å²) in [5.74, 6) is 1.61. The summed E-state index contributed by atoms with van der Waals surface area (Å²) in [5, 5.41) is 11.6. The molecule has 1 atom stereocenters. The average molecular weight is 536 g/mol. The number of nitrogens with one attached hydrogen (secondary N) is 2. The molecule has 0 aliphatic heterocycles. The van der Waals surface area contributed by atoms with E-state index in [0.717, 1.165) is 35.3 Å². The van der Waals surface area contributed by atoms with Crippen molar-refractivity contribution in [2.24, 2.45) is 4.99 Å². The summed E-state index contributed by atoms with van der Waals surface area (Å²) in [6.07, 6.45) is 1.87. The number of hydrogen-bond acceptors (Lipinski definition) is 4. The van der Waals surface area contributed by atoms with Gasteiger partial charge in [0.15, 0.2) is 11.8 Å². The lowest BCUT2D eigenvalue weighted by molar-refractivity contribution is 0.781. The first-order valence-electron chi connectivity index (χ1n) is 9.70. The van der Waals surface area contributed by atoms with Gasteiger partial charge in [0.05, 0.1) is 5.69 Å². The number of nitrogens with zero attached hydrogens (tertiary/aromatic N) is 4. The monoisotopic (exact) mass is 536 g/mol. The van der Waals surface area contributed by atoms with E-state index in [2.05, 4.69) is 63.0 Å². The predicted molar refractivity (Wildman–Crippen MR) is 136 cm³/mol. The fourth-order valence-electron chi connectivity index (χ4n) is 2.93. The van der Waals surface area contributed by atoms with Gasteiger partial charge in [-0.25, -0.2) is 9.67 Å². The van der Waals surface area contributed by atoms with Crippen LogP contribution in [0.4, 0.5) is 0 Å². The summed E-state index contributed by atoms with van der Waals surface area (Å²) in [6.45, 7) is 7.71. The van der Waals surface area contributed by atoms with Crippen molar-refractivity contribution in [3.63, 3.8) is 0 Å². The van der Waals surface area contributed by atoms with E-state index in [1.807, 2.05) is 54.7 Å². The quantitative estimate of drug-likeness (QED) is 0.204. The van der Waals surface area contributed by atoms with Crippen LogP contribution >= 0.6 is 35.7 Å². The van der Waals surface area contributed by atoms with Gasteiger partial charge in [-0.1, -0.05) is 31.2 Å². The fraction of sp³-hybridized carbons (Fsp3) is 0.318. The van der Waals surface area contributed by atoms with E-state index in [1.165, 1.54) is 4.90 Å². The summed E-state index contributed by atoms with van der Waals surface area (Å²) in [7, 11) is 1.79. The molecule has 2 N–H and O–H groups in total. The highest BCUT2D eigenvalue weighted by atomic mass is 127. The van der Waals surface area contributed by atoms with E-state index >= 15 is 0 Å². The number of halogens is 1. The molecule has 0 saturated carbocycles. The van der Waals surface area contributed by atoms with Crippen LogP contribution in [0.3, 0.4) is 0 Å². The smallest absolute Gasteiger partial charge is 0.191 e. The van der Waals surface area contributed by atoms with E-state index in [9.17, 15) is 0 Å². The van der Waals surface area contributed by atoms with E-state index in [-0.39, 0.29) is 24.0 Å². The maximum Gasteiger partial charge on any atom is 0.191 e. The van der Waals surface area contributed by atoms with Gasteiger partial charge in [0.2, 0.25) is 0 Å². The lowest BCUT2D eigenvalue weighted by Gasteiger charge is -2.16. The number of aryl methyl sites for hydroxylation is 2. The molecule has 6 nitrogen and oxygen atoms in total. The third kappa shape index (κ3) is 7.02. The zero-order valence-electron chi connectivity index (χ0n) is 17.8. The van der Waals surface area contributed by atoms with Crippen molar-refractivity contribution in [3.8, 4) is 5.82 Å². The molecule has 2 heterocycles. The first kappa shape index (κ1) is 24.2. The van der Waals surface area contributed by atoms with Gasteiger partial charge in [-0.05, 0) is 43.7 Å². The van der Waals surface area contributed by atoms with E-state index in [4.69, 9.17) is 0 Å². The standard InChI is InChI=1S/C22H28N6S.HI/c1-16-12-17(2)28(27-16)21-11-10-19(14-24-21)15-26-22(23-4)25-13-18(3)29-20-8-6-5-7-9-20;/h5-12,14,18H,13,15H2,1-4H3,(H2,23,25,26);1H. The van der Waals surface area contributed by atoms with Gasteiger partial charge in [0.25, 0.3) is 0 Å². The Kier molecular flexibility index (Phi) is 9.64. The van der Waals surface area contributed by atoms with Crippen LogP contribution in [0.15, 0.2) is 64.6 Å². The average Bonchev–Trinajstić information content (AvgIpc) is 3.07. The maximum absolute atomic E-state index is 4.54. The topological polar surface area (TPSA) is 67.1 Å². The zero-order chi connectivity index (χ0) is 20.6. The van der Waals surface area contributed by atoms with Crippen molar-refractivity contribution in [2.45, 2.75) is 37.5 Å². The highest BCUT2D eigenvalue weighted by Gasteiger charge is 2.07. The van der Waals surface area contributed by atoms with Crippen LogP contribution in [0, 0.1) is 13.8 Å². The largest absolute Gasteiger partial charge is 0.355 e. The van der Waals surface area contributed by atoms with Crippen molar-refractivity contribution >= 4 is 41.7 Å². The van der Waals surface area contributed by atoms with Gasteiger partial charge in [0.1, 0.15) is 0 Å². The molecule has 160 valence electrons. The lowest BCUT2D eigenvalue weighted by atomic mass is 10.3. The molecule has 0 radical (unpaired) electrons. The Morgan fingerprint density at radius 1 is 1.13 bits per heavy atom. The molecule has 3 aromatic rings. The molecule has 8 heteroatoms. The first-order chi connectivity index (χ1) is 14.0. The summed E-state index contributed by atoms with van der Waals surface area (Å²) < 4.78 is 1.86. The van der Waals surface area contributed by atoms with Gasteiger partial charge in [-0.3, -0.25) is 4.99 Å².